The van der Waals surface area contributed by atoms with Crippen LogP contribution in [0.4, 0.5) is 13.2 Å². The third-order valence-electron chi connectivity index (χ3n) is 2.32. The van der Waals surface area contributed by atoms with Gasteiger partial charge in [-0.25, -0.2) is 0 Å². The molecule has 2 N–H and O–H groups in total. The largest absolute Gasteiger partial charge is 0.416 e. The van der Waals surface area contributed by atoms with Crippen LogP contribution in [0.15, 0.2) is 24.3 Å². The molecule has 0 spiro atoms. The Balaban J connectivity index is 2.11. The molecule has 2 rings (SSSR count). The first kappa shape index (κ1) is 13.0. The first-order valence-corrected chi connectivity index (χ1v) is 5.98. The second-order valence-corrected chi connectivity index (χ2v) is 4.81. The molecule has 1 aromatic heterocycles. The molecule has 0 unspecified atom stereocenters. The van der Waals surface area contributed by atoms with Crippen molar-refractivity contribution in [1.82, 2.24) is 10.2 Å². The molecule has 0 aliphatic heterocycles. The first-order chi connectivity index (χ1) is 8.49. The Hall–Kier alpha value is -1.47. The Labute approximate surface area is 105 Å². The van der Waals surface area contributed by atoms with Crippen LogP contribution < -0.4 is 5.73 Å². The lowest BCUT2D eigenvalue weighted by atomic mass is 10.1. The van der Waals surface area contributed by atoms with Gasteiger partial charge in [0.05, 0.1) is 5.56 Å². The second-order valence-electron chi connectivity index (χ2n) is 3.67. The molecule has 0 saturated heterocycles. The van der Waals surface area contributed by atoms with Gasteiger partial charge in [0.2, 0.25) is 0 Å². The van der Waals surface area contributed by atoms with Gasteiger partial charge in [-0.3, -0.25) is 0 Å². The number of hydrogen-bond acceptors (Lipinski definition) is 4. The van der Waals surface area contributed by atoms with Gasteiger partial charge in [-0.1, -0.05) is 23.5 Å². The summed E-state index contributed by atoms with van der Waals surface area (Å²) >= 11 is 1.37. The maximum Gasteiger partial charge on any atom is 0.416 e. The van der Waals surface area contributed by atoms with Crippen molar-refractivity contribution in [1.29, 1.82) is 0 Å². The van der Waals surface area contributed by atoms with Crippen LogP contribution >= 0.6 is 11.3 Å². The number of hydrogen-bond donors (Lipinski definition) is 1. The highest BCUT2D eigenvalue weighted by atomic mass is 32.1. The normalized spacial score (nSPS) is 11.8. The summed E-state index contributed by atoms with van der Waals surface area (Å²) in [6.45, 7) is 0.324. The molecule has 18 heavy (non-hydrogen) atoms. The highest BCUT2D eigenvalue weighted by Crippen LogP contribution is 2.29. The van der Waals surface area contributed by atoms with Gasteiger partial charge in [0.1, 0.15) is 10.0 Å². The van der Waals surface area contributed by atoms with Crippen LogP contribution in [0.3, 0.4) is 0 Å². The average Bonchev–Trinajstić information content (AvgIpc) is 2.76. The minimum Gasteiger partial charge on any atom is -0.324 e. The van der Waals surface area contributed by atoms with Crippen molar-refractivity contribution in [3.8, 4) is 0 Å². The Bertz CT molecular complexity index is 519. The number of alkyl halides is 3. The molecule has 0 aliphatic rings. The van der Waals surface area contributed by atoms with Crippen molar-refractivity contribution in [3.05, 3.63) is 45.4 Å². The number of nitrogens with zero attached hydrogens (tertiary/aromatic N) is 2. The van der Waals surface area contributed by atoms with Crippen LogP contribution in [0.2, 0.25) is 0 Å². The quantitative estimate of drug-likeness (QED) is 0.935. The standard InChI is InChI=1S/C11H10F3N3S/c12-11(13,14)8-3-1-7(2-4-8)5-9-16-17-10(6-15)18-9/h1-4H,5-6,15H2. The first-order valence-electron chi connectivity index (χ1n) is 5.16. The molecule has 1 heterocycles. The molecule has 0 bridgehead atoms. The van der Waals surface area contributed by atoms with Gasteiger partial charge in [-0.15, -0.1) is 10.2 Å². The van der Waals surface area contributed by atoms with Gasteiger partial charge in [0.15, 0.2) is 0 Å². The van der Waals surface area contributed by atoms with Crippen molar-refractivity contribution in [3.63, 3.8) is 0 Å². The van der Waals surface area contributed by atoms with Crippen LogP contribution in [0, 0.1) is 0 Å². The topological polar surface area (TPSA) is 51.8 Å². The van der Waals surface area contributed by atoms with E-state index in [1.54, 1.807) is 0 Å². The summed E-state index contributed by atoms with van der Waals surface area (Å²) in [6.07, 6.45) is -3.83. The van der Waals surface area contributed by atoms with E-state index in [1.165, 1.54) is 23.5 Å². The maximum absolute atomic E-state index is 12.4. The lowest BCUT2D eigenvalue weighted by molar-refractivity contribution is -0.137. The fourth-order valence-electron chi connectivity index (χ4n) is 1.43. The SMILES string of the molecule is NCc1nnc(Cc2ccc(C(F)(F)F)cc2)s1. The smallest absolute Gasteiger partial charge is 0.324 e. The van der Waals surface area contributed by atoms with E-state index in [1.807, 2.05) is 0 Å². The number of rotatable bonds is 3. The summed E-state index contributed by atoms with van der Waals surface area (Å²) in [6, 6.07) is 5.04. The van der Waals surface area contributed by atoms with E-state index in [0.717, 1.165) is 27.7 Å². The summed E-state index contributed by atoms with van der Waals surface area (Å²) < 4.78 is 37.1. The van der Waals surface area contributed by atoms with E-state index >= 15 is 0 Å². The van der Waals surface area contributed by atoms with Gasteiger partial charge in [-0.2, -0.15) is 13.2 Å². The molecule has 7 heteroatoms. The van der Waals surface area contributed by atoms with Gasteiger partial charge >= 0.3 is 6.18 Å². The van der Waals surface area contributed by atoms with Gasteiger partial charge < -0.3 is 5.73 Å². The fourth-order valence-corrected chi connectivity index (χ4v) is 2.19. The Morgan fingerprint density at radius 1 is 1.06 bits per heavy atom. The lowest BCUT2D eigenvalue weighted by Gasteiger charge is -2.06. The molecule has 0 atom stereocenters. The summed E-state index contributed by atoms with van der Waals surface area (Å²) in [5.41, 5.74) is 5.53. The third kappa shape index (κ3) is 3.05. The summed E-state index contributed by atoms with van der Waals surface area (Å²) in [5, 5.41) is 9.24. The van der Waals surface area contributed by atoms with E-state index < -0.39 is 11.7 Å². The van der Waals surface area contributed by atoms with Crippen molar-refractivity contribution in [2.75, 3.05) is 0 Å². The monoisotopic (exact) mass is 273 g/mol. The average molecular weight is 273 g/mol. The van der Waals surface area contributed by atoms with Gasteiger partial charge in [0, 0.05) is 13.0 Å². The van der Waals surface area contributed by atoms with Crippen molar-refractivity contribution >= 4 is 11.3 Å². The second kappa shape index (κ2) is 5.03. The van der Waals surface area contributed by atoms with Crippen LogP contribution in [0.25, 0.3) is 0 Å². The fraction of sp³-hybridized carbons (Fsp3) is 0.273. The lowest BCUT2D eigenvalue weighted by Crippen LogP contribution is -2.04. The molecule has 0 fully saturated rings. The van der Waals surface area contributed by atoms with Gasteiger partial charge in [-0.05, 0) is 17.7 Å². The van der Waals surface area contributed by atoms with E-state index in [2.05, 4.69) is 10.2 Å². The van der Waals surface area contributed by atoms with Crippen LogP contribution in [0.5, 0.6) is 0 Å². The zero-order valence-electron chi connectivity index (χ0n) is 9.24. The minimum atomic E-state index is -4.30. The molecule has 2 aromatic rings. The van der Waals surface area contributed by atoms with Crippen LogP contribution in [-0.2, 0) is 19.1 Å². The minimum absolute atomic E-state index is 0.324. The number of halogens is 3. The highest BCUT2D eigenvalue weighted by Gasteiger charge is 2.29. The molecule has 0 aliphatic carbocycles. The van der Waals surface area contributed by atoms with Crippen LogP contribution in [-0.4, -0.2) is 10.2 Å². The summed E-state index contributed by atoms with van der Waals surface area (Å²) in [4.78, 5) is 0. The zero-order chi connectivity index (χ0) is 13.2. The zero-order valence-corrected chi connectivity index (χ0v) is 10.1. The molecule has 0 saturated carbocycles. The van der Waals surface area contributed by atoms with Crippen molar-refractivity contribution in [2.24, 2.45) is 5.73 Å². The molecular weight excluding hydrogens is 263 g/mol. The van der Waals surface area contributed by atoms with E-state index in [9.17, 15) is 13.2 Å². The molecule has 1 aromatic carbocycles. The number of nitrogens with two attached hydrogens (primary N) is 1. The van der Waals surface area contributed by atoms with Crippen molar-refractivity contribution in [2.45, 2.75) is 19.1 Å². The number of benzene rings is 1. The Morgan fingerprint density at radius 2 is 1.67 bits per heavy atom. The molecule has 96 valence electrons. The molecular formula is C11H10F3N3S. The summed E-state index contributed by atoms with van der Waals surface area (Å²) in [7, 11) is 0. The van der Waals surface area contributed by atoms with E-state index in [4.69, 9.17) is 5.73 Å². The van der Waals surface area contributed by atoms with E-state index in [0.29, 0.717) is 13.0 Å². The van der Waals surface area contributed by atoms with E-state index in [-0.39, 0.29) is 0 Å². The predicted octanol–water partition coefficient (Wildman–Crippen LogP) is 2.61. The van der Waals surface area contributed by atoms with Crippen molar-refractivity contribution < 1.29 is 13.2 Å². The predicted molar refractivity (Wildman–Crippen MR) is 62.1 cm³/mol. The Kier molecular flexibility index (Phi) is 3.63. The highest BCUT2D eigenvalue weighted by molar-refractivity contribution is 7.11. The third-order valence-corrected chi connectivity index (χ3v) is 3.27. The molecule has 3 nitrogen and oxygen atoms in total. The Morgan fingerprint density at radius 3 is 2.17 bits per heavy atom. The number of aromatic nitrogens is 2. The maximum atomic E-state index is 12.4. The van der Waals surface area contributed by atoms with Crippen LogP contribution in [0.1, 0.15) is 21.1 Å². The summed E-state index contributed by atoms with van der Waals surface area (Å²) in [5.74, 6) is 0. The van der Waals surface area contributed by atoms with Gasteiger partial charge in [0.25, 0.3) is 0 Å². The molecule has 0 radical (unpaired) electrons. The molecule has 0 amide bonds.